The number of rotatable bonds is 4. The van der Waals surface area contributed by atoms with Gasteiger partial charge in [-0.3, -0.25) is 4.79 Å². The van der Waals surface area contributed by atoms with Gasteiger partial charge in [0.25, 0.3) is 0 Å². The van der Waals surface area contributed by atoms with E-state index in [1.165, 1.54) is 17.6 Å². The number of benzene rings is 2. The Balaban J connectivity index is 1.73. The number of hydrazone groups is 1. The molecule has 0 aliphatic carbocycles. The standard InChI is InChI=1S/C17H15N3O2S/c1-11-19-13(10-23-11)8-17(22)20-18-9-15-14-5-3-2-4-12(14)6-7-16(15)21/h2-7,9-10,21H,8H2,1H3,(H,20,22). The molecule has 0 aliphatic rings. The number of aromatic hydroxyl groups is 1. The maximum Gasteiger partial charge on any atom is 0.246 e. The Labute approximate surface area is 137 Å². The summed E-state index contributed by atoms with van der Waals surface area (Å²) in [5.41, 5.74) is 3.77. The van der Waals surface area contributed by atoms with Crippen LogP contribution in [0.5, 0.6) is 5.75 Å². The second-order valence-corrected chi connectivity index (χ2v) is 6.11. The van der Waals surface area contributed by atoms with Crippen molar-refractivity contribution in [3.63, 3.8) is 0 Å². The molecule has 116 valence electrons. The minimum Gasteiger partial charge on any atom is -0.507 e. The molecule has 0 fully saturated rings. The third kappa shape index (κ3) is 3.54. The summed E-state index contributed by atoms with van der Waals surface area (Å²) in [5, 5.41) is 18.6. The van der Waals surface area contributed by atoms with Crippen LogP contribution in [0, 0.1) is 6.92 Å². The summed E-state index contributed by atoms with van der Waals surface area (Å²) in [5.74, 6) is -0.122. The van der Waals surface area contributed by atoms with E-state index >= 15 is 0 Å². The number of carbonyl (C=O) groups is 1. The third-order valence-electron chi connectivity index (χ3n) is 3.34. The van der Waals surface area contributed by atoms with Gasteiger partial charge in [0, 0.05) is 10.9 Å². The van der Waals surface area contributed by atoms with Crippen molar-refractivity contribution in [3.05, 3.63) is 58.0 Å². The maximum absolute atomic E-state index is 11.8. The molecule has 0 spiro atoms. The maximum atomic E-state index is 11.8. The molecular formula is C17H15N3O2S. The topological polar surface area (TPSA) is 74.6 Å². The molecule has 0 radical (unpaired) electrons. The monoisotopic (exact) mass is 325 g/mol. The zero-order chi connectivity index (χ0) is 16.2. The Bertz CT molecular complexity index is 886. The first-order valence-electron chi connectivity index (χ1n) is 7.07. The number of thiazole rings is 1. The molecule has 1 aromatic heterocycles. The predicted molar refractivity (Wildman–Crippen MR) is 91.9 cm³/mol. The number of phenols is 1. The molecule has 1 amide bonds. The highest BCUT2D eigenvalue weighted by Crippen LogP contribution is 2.25. The number of nitrogens with one attached hydrogen (secondary N) is 1. The van der Waals surface area contributed by atoms with Crippen LogP contribution in [-0.2, 0) is 11.2 Å². The number of amides is 1. The fourth-order valence-corrected chi connectivity index (χ4v) is 2.89. The molecule has 6 heteroatoms. The summed E-state index contributed by atoms with van der Waals surface area (Å²) in [6, 6.07) is 11.1. The average Bonchev–Trinajstić information content (AvgIpc) is 2.94. The fourth-order valence-electron chi connectivity index (χ4n) is 2.28. The van der Waals surface area contributed by atoms with Gasteiger partial charge in [-0.2, -0.15) is 5.10 Å². The Morgan fingerprint density at radius 1 is 1.35 bits per heavy atom. The zero-order valence-corrected chi connectivity index (χ0v) is 13.3. The molecule has 3 aromatic rings. The Morgan fingerprint density at radius 3 is 2.96 bits per heavy atom. The van der Waals surface area contributed by atoms with Crippen LogP contribution in [-0.4, -0.2) is 22.2 Å². The van der Waals surface area contributed by atoms with Crippen LogP contribution >= 0.6 is 11.3 Å². The van der Waals surface area contributed by atoms with Gasteiger partial charge in [0.1, 0.15) is 5.75 Å². The van der Waals surface area contributed by atoms with E-state index in [1.54, 1.807) is 6.07 Å². The van der Waals surface area contributed by atoms with Crippen molar-refractivity contribution < 1.29 is 9.90 Å². The summed E-state index contributed by atoms with van der Waals surface area (Å²) in [6.45, 7) is 1.90. The van der Waals surface area contributed by atoms with Gasteiger partial charge >= 0.3 is 0 Å². The van der Waals surface area contributed by atoms with Crippen LogP contribution in [0.2, 0.25) is 0 Å². The van der Waals surface area contributed by atoms with Gasteiger partial charge in [0.15, 0.2) is 0 Å². The highest BCUT2D eigenvalue weighted by molar-refractivity contribution is 7.09. The first kappa shape index (κ1) is 15.2. The van der Waals surface area contributed by atoms with Crippen molar-refractivity contribution in [2.24, 2.45) is 5.10 Å². The van der Waals surface area contributed by atoms with E-state index in [0.29, 0.717) is 5.56 Å². The second kappa shape index (κ2) is 6.58. The van der Waals surface area contributed by atoms with E-state index in [4.69, 9.17) is 0 Å². The predicted octanol–water partition coefficient (Wildman–Crippen LogP) is 3.00. The van der Waals surface area contributed by atoms with E-state index < -0.39 is 0 Å². The van der Waals surface area contributed by atoms with Gasteiger partial charge in [-0.25, -0.2) is 10.4 Å². The van der Waals surface area contributed by atoms with Crippen molar-refractivity contribution in [2.75, 3.05) is 0 Å². The highest BCUT2D eigenvalue weighted by Gasteiger charge is 2.06. The molecule has 0 aliphatic heterocycles. The number of aryl methyl sites for hydroxylation is 1. The fraction of sp³-hybridized carbons (Fsp3) is 0.118. The molecule has 0 saturated carbocycles. The number of nitrogens with zero attached hydrogens (tertiary/aromatic N) is 2. The number of carbonyl (C=O) groups excluding carboxylic acids is 1. The Morgan fingerprint density at radius 2 is 2.17 bits per heavy atom. The lowest BCUT2D eigenvalue weighted by Gasteiger charge is -2.04. The lowest BCUT2D eigenvalue weighted by Crippen LogP contribution is -2.19. The largest absolute Gasteiger partial charge is 0.507 e. The van der Waals surface area contributed by atoms with Gasteiger partial charge in [-0.05, 0) is 23.8 Å². The number of fused-ring (bicyclic) bond motifs is 1. The van der Waals surface area contributed by atoms with Crippen LogP contribution in [0.4, 0.5) is 0 Å². The number of hydrogen-bond donors (Lipinski definition) is 2. The quantitative estimate of drug-likeness (QED) is 0.572. The summed E-state index contributed by atoms with van der Waals surface area (Å²) < 4.78 is 0. The molecule has 0 bridgehead atoms. The molecular weight excluding hydrogens is 310 g/mol. The Kier molecular flexibility index (Phi) is 4.34. The zero-order valence-electron chi connectivity index (χ0n) is 12.5. The smallest absolute Gasteiger partial charge is 0.246 e. The van der Waals surface area contributed by atoms with Crippen LogP contribution in [0.15, 0.2) is 46.9 Å². The first-order valence-corrected chi connectivity index (χ1v) is 7.95. The van der Waals surface area contributed by atoms with Gasteiger partial charge in [-0.1, -0.05) is 30.3 Å². The minimum atomic E-state index is -0.244. The second-order valence-electron chi connectivity index (χ2n) is 5.05. The van der Waals surface area contributed by atoms with Crippen molar-refractivity contribution in [2.45, 2.75) is 13.3 Å². The van der Waals surface area contributed by atoms with Crippen molar-refractivity contribution in [1.29, 1.82) is 0 Å². The molecule has 5 nitrogen and oxygen atoms in total. The number of hydrogen-bond acceptors (Lipinski definition) is 5. The lowest BCUT2D eigenvalue weighted by molar-refractivity contribution is -0.120. The van der Waals surface area contributed by atoms with Gasteiger partial charge in [-0.15, -0.1) is 11.3 Å². The summed E-state index contributed by atoms with van der Waals surface area (Å²) in [4.78, 5) is 16.1. The molecule has 3 rings (SSSR count). The van der Waals surface area contributed by atoms with Crippen LogP contribution in [0.25, 0.3) is 10.8 Å². The van der Waals surface area contributed by atoms with Gasteiger partial charge in [0.05, 0.1) is 23.3 Å². The molecule has 0 unspecified atom stereocenters. The average molecular weight is 325 g/mol. The molecule has 0 atom stereocenters. The van der Waals surface area contributed by atoms with Crippen LogP contribution < -0.4 is 5.43 Å². The van der Waals surface area contributed by atoms with E-state index in [1.807, 2.05) is 42.6 Å². The normalized spacial score (nSPS) is 11.2. The lowest BCUT2D eigenvalue weighted by atomic mass is 10.0. The minimum absolute atomic E-state index is 0.122. The van der Waals surface area contributed by atoms with Gasteiger partial charge < -0.3 is 5.11 Å². The van der Waals surface area contributed by atoms with Crippen molar-refractivity contribution in [3.8, 4) is 5.75 Å². The van der Waals surface area contributed by atoms with Gasteiger partial charge in [0.2, 0.25) is 5.91 Å². The van der Waals surface area contributed by atoms with E-state index in [9.17, 15) is 9.90 Å². The van der Waals surface area contributed by atoms with E-state index in [-0.39, 0.29) is 18.1 Å². The first-order chi connectivity index (χ1) is 11.1. The van der Waals surface area contributed by atoms with E-state index in [2.05, 4.69) is 15.5 Å². The van der Waals surface area contributed by atoms with Crippen LogP contribution in [0.3, 0.4) is 0 Å². The number of aromatic nitrogens is 1. The third-order valence-corrected chi connectivity index (χ3v) is 4.16. The summed E-state index contributed by atoms with van der Waals surface area (Å²) >= 11 is 1.51. The van der Waals surface area contributed by atoms with Crippen LogP contribution in [0.1, 0.15) is 16.3 Å². The molecule has 2 N–H and O–H groups in total. The Hall–Kier alpha value is -2.73. The van der Waals surface area contributed by atoms with Crippen molar-refractivity contribution in [1.82, 2.24) is 10.4 Å². The SMILES string of the molecule is Cc1nc(CC(=O)NN=Cc2c(O)ccc3ccccc23)cs1. The molecule has 23 heavy (non-hydrogen) atoms. The summed E-state index contributed by atoms with van der Waals surface area (Å²) in [6.07, 6.45) is 1.64. The van der Waals surface area contributed by atoms with E-state index in [0.717, 1.165) is 21.5 Å². The molecule has 0 saturated heterocycles. The number of phenolic OH excluding ortho intramolecular Hbond substituents is 1. The molecule has 1 heterocycles. The van der Waals surface area contributed by atoms with Crippen molar-refractivity contribution >= 4 is 34.2 Å². The molecule has 2 aromatic carbocycles. The summed E-state index contributed by atoms with van der Waals surface area (Å²) in [7, 11) is 0. The highest BCUT2D eigenvalue weighted by atomic mass is 32.1.